The molecule has 0 bridgehead atoms. The number of alkyl halides is 2. The van der Waals surface area contributed by atoms with Crippen LogP contribution in [0.1, 0.15) is 39.6 Å². The summed E-state index contributed by atoms with van der Waals surface area (Å²) < 4.78 is 34.6. The maximum atomic E-state index is 14.7. The van der Waals surface area contributed by atoms with Crippen molar-refractivity contribution in [1.29, 1.82) is 0 Å². The molecule has 0 spiro atoms. The van der Waals surface area contributed by atoms with Crippen LogP contribution >= 0.6 is 34.9 Å². The number of carbonyl (C=O) groups is 3. The molecule has 0 aliphatic carbocycles. The first kappa shape index (κ1) is 47.6. The Labute approximate surface area is 411 Å². The van der Waals surface area contributed by atoms with E-state index in [1.54, 1.807) is 0 Å². The van der Waals surface area contributed by atoms with E-state index in [4.69, 9.17) is 4.74 Å². The molecule has 3 N–H and O–H groups in total. The van der Waals surface area contributed by atoms with Crippen LogP contribution in [0.25, 0.3) is 0 Å². The van der Waals surface area contributed by atoms with Crippen molar-refractivity contribution in [2.24, 2.45) is 17.6 Å². The van der Waals surface area contributed by atoms with E-state index in [0.717, 1.165) is 44.4 Å². The summed E-state index contributed by atoms with van der Waals surface area (Å²) in [4.78, 5) is 78.1. The molecule has 5 aromatic carbocycles. The first-order chi connectivity index (χ1) is 34.0. The summed E-state index contributed by atoms with van der Waals surface area (Å²) in [7, 11) is 1.39. The van der Waals surface area contributed by atoms with Crippen LogP contribution in [-0.2, 0) is 36.5 Å². The smallest absolute Gasteiger partial charge is 0.407 e. The van der Waals surface area contributed by atoms with E-state index >= 15 is 0 Å². The number of β-lactam (4-membered cyclic amide) rings is 1. The van der Waals surface area contributed by atoms with Gasteiger partial charge in [0.2, 0.25) is 5.91 Å². The summed E-state index contributed by atoms with van der Waals surface area (Å²) in [6.07, 6.45) is -0.824. The molecule has 2 amide bonds. The predicted molar refractivity (Wildman–Crippen MR) is 263 cm³/mol. The number of thiazole rings is 1. The van der Waals surface area contributed by atoms with Crippen LogP contribution in [0.5, 0.6) is 0 Å². The number of H-pyrrole nitrogens is 1. The van der Waals surface area contributed by atoms with Crippen LogP contribution in [-0.4, -0.2) is 84.2 Å². The zero-order valence-electron chi connectivity index (χ0n) is 37.0. The van der Waals surface area contributed by atoms with Crippen LogP contribution < -0.4 is 21.8 Å². The van der Waals surface area contributed by atoms with E-state index in [9.17, 15) is 32.8 Å². The van der Waals surface area contributed by atoms with Crippen molar-refractivity contribution in [3.05, 3.63) is 211 Å². The second-order valence-electron chi connectivity index (χ2n) is 16.3. The molecule has 2 saturated heterocycles. The maximum Gasteiger partial charge on any atom is 0.407 e. The first-order valence-corrected chi connectivity index (χ1v) is 24.6. The van der Waals surface area contributed by atoms with Crippen LogP contribution in [0.4, 0.5) is 13.9 Å². The molecule has 2 fully saturated rings. The minimum atomic E-state index is -3.38. The van der Waals surface area contributed by atoms with Gasteiger partial charge in [0.15, 0.2) is 22.1 Å². The van der Waals surface area contributed by atoms with E-state index in [0.29, 0.717) is 16.3 Å². The van der Waals surface area contributed by atoms with Crippen molar-refractivity contribution >= 4 is 63.5 Å². The first-order valence-electron chi connectivity index (χ1n) is 21.7. The van der Waals surface area contributed by atoms with Crippen molar-refractivity contribution < 1.29 is 32.7 Å². The second-order valence-corrected chi connectivity index (χ2v) is 19.2. The van der Waals surface area contributed by atoms with E-state index in [1.807, 2.05) is 152 Å². The Kier molecular flexibility index (Phi) is 14.1. The molecule has 3 atom stereocenters. The van der Waals surface area contributed by atoms with Crippen molar-refractivity contribution in [3.8, 4) is 0 Å². The van der Waals surface area contributed by atoms with Crippen LogP contribution in [0.2, 0.25) is 0 Å². The number of aromatic nitrogens is 4. The number of hydrogen-bond donors (Lipinski definition) is 3. The Morgan fingerprint density at radius 1 is 0.857 bits per heavy atom. The van der Waals surface area contributed by atoms with Gasteiger partial charge in [-0.05, 0) is 27.8 Å². The summed E-state index contributed by atoms with van der Waals surface area (Å²) in [6, 6.07) is 46.3. The molecule has 9 rings (SSSR count). The number of amides is 2. The Bertz CT molecular complexity index is 3000. The van der Waals surface area contributed by atoms with Gasteiger partial charge >= 0.3 is 23.7 Å². The zero-order valence-corrected chi connectivity index (χ0v) is 39.5. The Hall–Kier alpha value is -7.42. The predicted octanol–water partition coefficient (Wildman–Crippen LogP) is 6.78. The Balaban J connectivity index is 0.977. The van der Waals surface area contributed by atoms with Gasteiger partial charge in [0.1, 0.15) is 28.1 Å². The van der Waals surface area contributed by atoms with Gasteiger partial charge in [-0.3, -0.25) is 28.5 Å². The monoisotopic (exact) mass is 1000 g/mol. The fourth-order valence-electron chi connectivity index (χ4n) is 8.39. The fraction of sp³-hybridized carbons (Fsp3) is 0.200. The highest BCUT2D eigenvalue weighted by Gasteiger charge is 2.58. The molecule has 2 aliphatic heterocycles. The summed E-state index contributed by atoms with van der Waals surface area (Å²) in [5, 5.41) is 17.2. The summed E-state index contributed by atoms with van der Waals surface area (Å²) >= 11 is 3.36. The van der Waals surface area contributed by atoms with Gasteiger partial charge in [-0.15, -0.1) is 28.2 Å². The van der Waals surface area contributed by atoms with Crippen LogP contribution in [0, 0.1) is 5.41 Å². The fourth-order valence-corrected chi connectivity index (χ4v) is 11.9. The highest BCUT2D eigenvalue weighted by atomic mass is 32.2. The molecule has 0 saturated carbocycles. The zero-order chi connectivity index (χ0) is 48.8. The molecule has 4 heterocycles. The SMILES string of the molecule is Cn1c(SCC2(C(=O)OC(c3ccccc3)c3ccccc3)CS[C@@H]3C(NC(=O)C(=NOC(F)F)c4csc(NC(c5ccccc5)(c5ccccc5)c5ccccc5)n4)C(=O)N3C2)n[nH]c(=O)c1=O. The number of nitrogens with zero attached hydrogens (tertiary/aromatic N) is 5. The minimum absolute atomic E-state index is 0.0307. The van der Waals surface area contributed by atoms with Crippen molar-refractivity contribution in [3.63, 3.8) is 0 Å². The molecule has 15 nitrogen and oxygen atoms in total. The normalized spacial score (nSPS) is 17.9. The van der Waals surface area contributed by atoms with Gasteiger partial charge < -0.3 is 25.1 Å². The lowest BCUT2D eigenvalue weighted by Gasteiger charge is -2.54. The molecule has 356 valence electrons. The summed E-state index contributed by atoms with van der Waals surface area (Å²) in [5.74, 6) is -2.15. The number of rotatable bonds is 17. The topological polar surface area (TPSA) is 190 Å². The lowest BCUT2D eigenvalue weighted by atomic mass is 9.77. The van der Waals surface area contributed by atoms with Crippen molar-refractivity contribution in [2.45, 2.75) is 34.8 Å². The van der Waals surface area contributed by atoms with Gasteiger partial charge in [-0.25, -0.2) is 10.1 Å². The molecule has 20 heteroatoms. The number of fused-ring (bicyclic) bond motifs is 1. The minimum Gasteiger partial charge on any atom is -0.452 e. The highest BCUT2D eigenvalue weighted by Crippen LogP contribution is 2.46. The number of halogens is 2. The third kappa shape index (κ3) is 9.61. The molecule has 2 aromatic heterocycles. The van der Waals surface area contributed by atoms with Crippen molar-refractivity contribution in [1.82, 2.24) is 30.0 Å². The number of hydrogen-bond acceptors (Lipinski definition) is 14. The largest absolute Gasteiger partial charge is 0.452 e. The van der Waals surface area contributed by atoms with E-state index in [-0.39, 0.29) is 28.9 Å². The Morgan fingerprint density at radius 2 is 1.40 bits per heavy atom. The maximum absolute atomic E-state index is 14.7. The lowest BCUT2D eigenvalue weighted by Crippen LogP contribution is -2.74. The Morgan fingerprint density at radius 3 is 1.94 bits per heavy atom. The molecule has 7 aromatic rings. The van der Waals surface area contributed by atoms with Crippen LogP contribution in [0.3, 0.4) is 0 Å². The summed E-state index contributed by atoms with van der Waals surface area (Å²) in [5.41, 5.74) is -0.824. The number of esters is 1. The van der Waals surface area contributed by atoms with Gasteiger partial charge in [0.05, 0.1) is 0 Å². The number of thioether (sulfide) groups is 2. The van der Waals surface area contributed by atoms with Gasteiger partial charge in [-0.1, -0.05) is 169 Å². The number of ether oxygens (including phenoxy) is 1. The van der Waals surface area contributed by atoms with Gasteiger partial charge in [-0.2, -0.15) is 8.78 Å². The number of oxime groups is 1. The summed E-state index contributed by atoms with van der Waals surface area (Å²) in [6.45, 7) is -3.53. The second kappa shape index (κ2) is 20.7. The van der Waals surface area contributed by atoms with Gasteiger partial charge in [0, 0.05) is 30.5 Å². The number of carbonyl (C=O) groups excluding carboxylic acids is 3. The highest BCUT2D eigenvalue weighted by molar-refractivity contribution is 8.00. The van der Waals surface area contributed by atoms with Gasteiger partial charge in [0.25, 0.3) is 5.91 Å². The number of anilines is 1. The third-order valence-corrected chi connectivity index (χ3v) is 15.6. The molecule has 0 radical (unpaired) electrons. The average molecular weight is 1000 g/mol. The number of aromatic amines is 1. The third-order valence-electron chi connectivity index (χ3n) is 11.9. The molecular weight excluding hydrogens is 959 g/mol. The molecule has 70 heavy (non-hydrogen) atoms. The van der Waals surface area contributed by atoms with E-state index < -0.39 is 69.7 Å². The lowest BCUT2D eigenvalue weighted by molar-refractivity contribution is -0.164. The molecule has 2 aliphatic rings. The van der Waals surface area contributed by atoms with Crippen LogP contribution in [0.15, 0.2) is 177 Å². The van der Waals surface area contributed by atoms with E-state index in [1.165, 1.54) is 29.1 Å². The quantitative estimate of drug-likeness (QED) is 0.0165. The number of nitrogens with one attached hydrogen (secondary N) is 3. The van der Waals surface area contributed by atoms with Crippen molar-refractivity contribution in [2.75, 3.05) is 23.4 Å². The number of benzene rings is 5. The average Bonchev–Trinajstić information content (AvgIpc) is 3.86. The molecular formula is C50H42F2N8O7S3. The van der Waals surface area contributed by atoms with E-state index in [2.05, 4.69) is 35.8 Å². The standard InChI is InChI=1S/C50H42F2N8O7S3/c1-59-43(64)41(62)56-57-48(59)70-30-49(45(65)66-39(31-17-7-2-8-18-31)32-19-9-3-10-20-32)28-60-42(63)38(44(60)69-29-49)54-40(61)37(58-67-46(51)52)36-27-68-47(53-36)55-50(33-21-11-4-12-22-33,34-23-13-5-14-24-34)35-25-15-6-16-26-35/h2-27,38-39,44,46H,28-30H2,1H3,(H,53,55)(H,54,61)(H,56,62)/t38?,44-,49?/m1/s1. The molecule has 2 unspecified atom stereocenters.